The van der Waals surface area contributed by atoms with Gasteiger partial charge in [0, 0.05) is 31.4 Å². The molecular weight excluding hydrogens is 248 g/mol. The van der Waals surface area contributed by atoms with E-state index in [9.17, 15) is 0 Å². The fourth-order valence-corrected chi connectivity index (χ4v) is 2.67. The second-order valence-electron chi connectivity index (χ2n) is 6.23. The molecule has 3 nitrogen and oxygen atoms in total. The molecule has 0 saturated carbocycles. The molecule has 1 aliphatic heterocycles. The largest absolute Gasteiger partial charge is 0.377 e. The Hall–Kier alpha value is -1.06. The van der Waals surface area contributed by atoms with Crippen LogP contribution in [0.1, 0.15) is 33.3 Å². The Morgan fingerprint density at radius 2 is 2.00 bits per heavy atom. The van der Waals surface area contributed by atoms with Gasteiger partial charge in [0.15, 0.2) is 0 Å². The van der Waals surface area contributed by atoms with Crippen molar-refractivity contribution in [3.63, 3.8) is 0 Å². The van der Waals surface area contributed by atoms with Crippen LogP contribution in [0.3, 0.4) is 0 Å². The van der Waals surface area contributed by atoms with Crippen LogP contribution in [0, 0.1) is 5.92 Å². The summed E-state index contributed by atoms with van der Waals surface area (Å²) in [6, 6.07) is 9.24. The van der Waals surface area contributed by atoms with E-state index in [0.29, 0.717) is 18.1 Å². The molecule has 0 amide bonds. The maximum absolute atomic E-state index is 5.73. The highest BCUT2D eigenvalue weighted by molar-refractivity contribution is 5.54. The van der Waals surface area contributed by atoms with Crippen molar-refractivity contribution in [1.82, 2.24) is 5.32 Å². The Morgan fingerprint density at radius 1 is 1.25 bits per heavy atom. The second kappa shape index (κ2) is 7.09. The van der Waals surface area contributed by atoms with Gasteiger partial charge in [-0.25, -0.2) is 0 Å². The third kappa shape index (κ3) is 3.97. The number of nitrogens with one attached hydrogen (secondary N) is 1. The summed E-state index contributed by atoms with van der Waals surface area (Å²) < 4.78 is 5.73. The van der Waals surface area contributed by atoms with Crippen LogP contribution in [0.25, 0.3) is 0 Å². The maximum atomic E-state index is 5.73. The molecule has 0 aromatic heterocycles. The number of nitrogens with zero attached hydrogens (tertiary/aromatic N) is 1. The first-order chi connectivity index (χ1) is 9.58. The van der Waals surface area contributed by atoms with Gasteiger partial charge in [0.05, 0.1) is 12.7 Å². The standard InChI is InChI=1S/C17H28N2O/c1-13(2)16-12-19(9-10-20-14(3)4)17-8-6-5-7-15(17)11-18-16/h5-8,13-14,16,18H,9-12H2,1-4H3. The zero-order chi connectivity index (χ0) is 14.5. The van der Waals surface area contributed by atoms with Crippen molar-refractivity contribution in [3.05, 3.63) is 29.8 Å². The van der Waals surface area contributed by atoms with Gasteiger partial charge in [-0.15, -0.1) is 0 Å². The summed E-state index contributed by atoms with van der Waals surface area (Å²) in [6.07, 6.45) is 0.302. The minimum absolute atomic E-state index is 0.302. The predicted molar refractivity (Wildman–Crippen MR) is 85.2 cm³/mol. The van der Waals surface area contributed by atoms with E-state index < -0.39 is 0 Å². The van der Waals surface area contributed by atoms with E-state index in [1.165, 1.54) is 11.3 Å². The van der Waals surface area contributed by atoms with Crippen LogP contribution in [0.15, 0.2) is 24.3 Å². The number of hydrogen-bond acceptors (Lipinski definition) is 3. The third-order valence-corrected chi connectivity index (χ3v) is 3.92. The molecular formula is C17H28N2O. The maximum Gasteiger partial charge on any atom is 0.0645 e. The first kappa shape index (κ1) is 15.3. The summed E-state index contributed by atoms with van der Waals surface area (Å²) in [5, 5.41) is 3.68. The van der Waals surface area contributed by atoms with E-state index in [-0.39, 0.29) is 0 Å². The highest BCUT2D eigenvalue weighted by Crippen LogP contribution is 2.24. The van der Waals surface area contributed by atoms with Gasteiger partial charge in [-0.05, 0) is 31.4 Å². The van der Waals surface area contributed by atoms with E-state index in [4.69, 9.17) is 4.74 Å². The van der Waals surface area contributed by atoms with Crippen LogP contribution in [0.2, 0.25) is 0 Å². The van der Waals surface area contributed by atoms with Gasteiger partial charge in [0.25, 0.3) is 0 Å². The molecule has 20 heavy (non-hydrogen) atoms. The molecule has 2 rings (SSSR count). The SMILES string of the molecule is CC(C)OCCN1CC(C(C)C)NCc2ccccc21. The molecule has 0 fully saturated rings. The third-order valence-electron chi connectivity index (χ3n) is 3.92. The van der Waals surface area contributed by atoms with Crippen LogP contribution in [0.5, 0.6) is 0 Å². The molecule has 1 N–H and O–H groups in total. The lowest BCUT2D eigenvalue weighted by Crippen LogP contribution is -2.42. The molecule has 0 aliphatic carbocycles. The normalized spacial score (nSPS) is 19.3. The Labute approximate surface area is 123 Å². The Balaban J connectivity index is 2.11. The highest BCUT2D eigenvalue weighted by Gasteiger charge is 2.22. The van der Waals surface area contributed by atoms with Crippen molar-refractivity contribution in [1.29, 1.82) is 0 Å². The Morgan fingerprint density at radius 3 is 2.70 bits per heavy atom. The first-order valence-electron chi connectivity index (χ1n) is 7.75. The van der Waals surface area contributed by atoms with E-state index in [1.807, 2.05) is 0 Å². The van der Waals surface area contributed by atoms with Crippen molar-refractivity contribution in [2.45, 2.75) is 46.4 Å². The lowest BCUT2D eigenvalue weighted by Gasteiger charge is -2.29. The molecule has 0 bridgehead atoms. The van der Waals surface area contributed by atoms with Gasteiger partial charge in [-0.2, -0.15) is 0 Å². The van der Waals surface area contributed by atoms with Gasteiger partial charge in [0.1, 0.15) is 0 Å². The first-order valence-corrected chi connectivity index (χ1v) is 7.75. The summed E-state index contributed by atoms with van der Waals surface area (Å²) in [4.78, 5) is 2.47. The van der Waals surface area contributed by atoms with Crippen molar-refractivity contribution >= 4 is 5.69 Å². The van der Waals surface area contributed by atoms with Crippen LogP contribution in [-0.4, -0.2) is 31.8 Å². The molecule has 112 valence electrons. The fourth-order valence-electron chi connectivity index (χ4n) is 2.67. The number of para-hydroxylation sites is 1. The average molecular weight is 276 g/mol. The molecule has 3 heteroatoms. The Kier molecular flexibility index (Phi) is 5.44. The molecule has 0 saturated heterocycles. The minimum atomic E-state index is 0.302. The molecule has 1 aromatic carbocycles. The van der Waals surface area contributed by atoms with Gasteiger partial charge < -0.3 is 15.0 Å². The summed E-state index contributed by atoms with van der Waals surface area (Å²) in [5.41, 5.74) is 2.75. The van der Waals surface area contributed by atoms with Gasteiger partial charge >= 0.3 is 0 Å². The monoisotopic (exact) mass is 276 g/mol. The summed E-state index contributed by atoms with van der Waals surface area (Å²) in [6.45, 7) is 12.5. The fraction of sp³-hybridized carbons (Fsp3) is 0.647. The smallest absolute Gasteiger partial charge is 0.0645 e. The molecule has 1 unspecified atom stereocenters. The molecule has 0 radical (unpaired) electrons. The molecule has 1 aromatic rings. The predicted octanol–water partition coefficient (Wildman–Crippen LogP) is 3.05. The van der Waals surface area contributed by atoms with Crippen LogP contribution < -0.4 is 10.2 Å². The zero-order valence-electron chi connectivity index (χ0n) is 13.2. The van der Waals surface area contributed by atoms with E-state index in [0.717, 1.165) is 26.2 Å². The van der Waals surface area contributed by atoms with E-state index in [1.54, 1.807) is 0 Å². The molecule has 1 aliphatic rings. The lowest BCUT2D eigenvalue weighted by atomic mass is 10.0. The van der Waals surface area contributed by atoms with Crippen LogP contribution in [-0.2, 0) is 11.3 Å². The van der Waals surface area contributed by atoms with Crippen molar-refractivity contribution in [3.8, 4) is 0 Å². The molecule has 1 heterocycles. The summed E-state index contributed by atoms with van der Waals surface area (Å²) >= 11 is 0. The van der Waals surface area contributed by atoms with E-state index >= 15 is 0 Å². The number of anilines is 1. The lowest BCUT2D eigenvalue weighted by molar-refractivity contribution is 0.0838. The topological polar surface area (TPSA) is 24.5 Å². The highest BCUT2D eigenvalue weighted by atomic mass is 16.5. The van der Waals surface area contributed by atoms with Gasteiger partial charge in [-0.1, -0.05) is 32.0 Å². The zero-order valence-corrected chi connectivity index (χ0v) is 13.2. The van der Waals surface area contributed by atoms with E-state index in [2.05, 4.69) is 62.2 Å². The minimum Gasteiger partial charge on any atom is -0.377 e. The summed E-state index contributed by atoms with van der Waals surface area (Å²) in [7, 11) is 0. The summed E-state index contributed by atoms with van der Waals surface area (Å²) in [5.74, 6) is 0.637. The van der Waals surface area contributed by atoms with Gasteiger partial charge in [-0.3, -0.25) is 0 Å². The van der Waals surface area contributed by atoms with Crippen LogP contribution in [0.4, 0.5) is 5.69 Å². The Bertz CT molecular complexity index is 417. The van der Waals surface area contributed by atoms with Gasteiger partial charge in [0.2, 0.25) is 0 Å². The number of ether oxygens (including phenoxy) is 1. The second-order valence-corrected chi connectivity index (χ2v) is 6.23. The molecule has 0 spiro atoms. The average Bonchev–Trinajstić information content (AvgIpc) is 2.59. The number of hydrogen-bond donors (Lipinski definition) is 1. The number of fused-ring (bicyclic) bond motifs is 1. The number of rotatable bonds is 5. The van der Waals surface area contributed by atoms with Crippen molar-refractivity contribution in [2.75, 3.05) is 24.6 Å². The van der Waals surface area contributed by atoms with Crippen molar-refractivity contribution in [2.24, 2.45) is 5.92 Å². The van der Waals surface area contributed by atoms with Crippen LogP contribution >= 0.6 is 0 Å². The molecule has 1 atom stereocenters. The van der Waals surface area contributed by atoms with Crippen molar-refractivity contribution < 1.29 is 4.74 Å². The number of benzene rings is 1. The quantitative estimate of drug-likeness (QED) is 0.894.